The highest BCUT2D eigenvalue weighted by molar-refractivity contribution is 5.48. The Morgan fingerprint density at radius 2 is 2.10 bits per heavy atom. The molecule has 5 heteroatoms. The van der Waals surface area contributed by atoms with E-state index in [0.29, 0.717) is 18.4 Å². The average Bonchev–Trinajstić information content (AvgIpc) is 3.32. The first-order valence-electron chi connectivity index (χ1n) is 7.58. The predicted molar refractivity (Wildman–Crippen MR) is 77.4 cm³/mol. The number of hydrogen-bond donors (Lipinski definition) is 1. The van der Waals surface area contributed by atoms with Crippen LogP contribution >= 0.6 is 0 Å². The van der Waals surface area contributed by atoms with Crippen LogP contribution < -0.4 is 10.1 Å². The normalized spacial score (nSPS) is 22.6. The Morgan fingerprint density at radius 1 is 1.25 bits per heavy atom. The smallest absolute Gasteiger partial charge is 0.221 e. The summed E-state index contributed by atoms with van der Waals surface area (Å²) in [4.78, 5) is 9.17. The van der Waals surface area contributed by atoms with Crippen LogP contribution in [0.1, 0.15) is 49.4 Å². The highest BCUT2D eigenvalue weighted by Crippen LogP contribution is 2.39. The van der Waals surface area contributed by atoms with Gasteiger partial charge in [0.15, 0.2) is 0 Å². The Bertz CT molecular complexity index is 468. The monoisotopic (exact) mass is 277 g/mol. The molecular formula is C15H23N3O2. The molecule has 2 fully saturated rings. The molecule has 1 aliphatic heterocycles. The standard InChI is InChI=1S/C15H23N3O2/c1-10-13(16-2)17-14(11-6-7-11)18-15(10)20-9-12-5-3-4-8-19-12/h11-12H,3-9H2,1-2H3,(H,16,17,18). The number of ether oxygens (including phenoxy) is 2. The van der Waals surface area contributed by atoms with Crippen LogP contribution in [-0.2, 0) is 4.74 Å². The molecular weight excluding hydrogens is 254 g/mol. The lowest BCUT2D eigenvalue weighted by atomic mass is 10.1. The second kappa shape index (κ2) is 5.95. The van der Waals surface area contributed by atoms with E-state index in [1.54, 1.807) is 0 Å². The van der Waals surface area contributed by atoms with Gasteiger partial charge in [-0.2, -0.15) is 4.98 Å². The first kappa shape index (κ1) is 13.6. The zero-order valence-electron chi connectivity index (χ0n) is 12.3. The SMILES string of the molecule is CNc1nc(C2CC2)nc(OCC2CCCCO2)c1C. The third-order valence-electron chi connectivity index (χ3n) is 3.98. The van der Waals surface area contributed by atoms with E-state index in [4.69, 9.17) is 9.47 Å². The minimum absolute atomic E-state index is 0.209. The van der Waals surface area contributed by atoms with E-state index in [0.717, 1.165) is 30.2 Å². The lowest BCUT2D eigenvalue weighted by molar-refractivity contribution is -0.0121. The first-order valence-corrected chi connectivity index (χ1v) is 7.58. The third kappa shape index (κ3) is 3.03. The maximum absolute atomic E-state index is 5.92. The van der Waals surface area contributed by atoms with Crippen molar-refractivity contribution in [3.8, 4) is 5.88 Å². The fourth-order valence-electron chi connectivity index (χ4n) is 2.53. The summed E-state index contributed by atoms with van der Waals surface area (Å²) in [5.74, 6) is 3.03. The van der Waals surface area contributed by atoms with Gasteiger partial charge < -0.3 is 14.8 Å². The van der Waals surface area contributed by atoms with Gasteiger partial charge in [0, 0.05) is 19.6 Å². The fraction of sp³-hybridized carbons (Fsp3) is 0.733. The largest absolute Gasteiger partial charge is 0.475 e. The van der Waals surface area contributed by atoms with Crippen LogP contribution in [0.3, 0.4) is 0 Å². The molecule has 3 rings (SSSR count). The molecule has 1 atom stereocenters. The topological polar surface area (TPSA) is 56.3 Å². The first-order chi connectivity index (χ1) is 9.78. The van der Waals surface area contributed by atoms with Crippen molar-refractivity contribution < 1.29 is 9.47 Å². The zero-order valence-corrected chi connectivity index (χ0v) is 12.3. The van der Waals surface area contributed by atoms with Gasteiger partial charge in [-0.15, -0.1) is 0 Å². The molecule has 0 spiro atoms. The highest BCUT2D eigenvalue weighted by Gasteiger charge is 2.28. The molecule has 110 valence electrons. The molecule has 1 N–H and O–H groups in total. The molecule has 1 saturated carbocycles. The van der Waals surface area contributed by atoms with E-state index >= 15 is 0 Å². The van der Waals surface area contributed by atoms with Gasteiger partial charge in [-0.05, 0) is 39.0 Å². The second-order valence-corrected chi connectivity index (χ2v) is 5.68. The Hall–Kier alpha value is -1.36. The molecule has 2 heterocycles. The van der Waals surface area contributed by atoms with Crippen molar-refractivity contribution in [3.63, 3.8) is 0 Å². The van der Waals surface area contributed by atoms with Crippen molar-refractivity contribution in [3.05, 3.63) is 11.4 Å². The van der Waals surface area contributed by atoms with Gasteiger partial charge in [0.05, 0.1) is 11.7 Å². The zero-order chi connectivity index (χ0) is 13.9. The maximum Gasteiger partial charge on any atom is 0.221 e. The summed E-state index contributed by atoms with van der Waals surface area (Å²) in [6.07, 6.45) is 6.07. The van der Waals surface area contributed by atoms with Crippen molar-refractivity contribution in [1.29, 1.82) is 0 Å². The number of hydrogen-bond acceptors (Lipinski definition) is 5. The molecule has 0 radical (unpaired) electrons. The third-order valence-corrected chi connectivity index (χ3v) is 3.98. The Morgan fingerprint density at radius 3 is 2.75 bits per heavy atom. The highest BCUT2D eigenvalue weighted by atomic mass is 16.5. The van der Waals surface area contributed by atoms with Gasteiger partial charge >= 0.3 is 0 Å². The van der Waals surface area contributed by atoms with Gasteiger partial charge in [-0.3, -0.25) is 0 Å². The summed E-state index contributed by atoms with van der Waals surface area (Å²) in [7, 11) is 1.89. The quantitative estimate of drug-likeness (QED) is 0.896. The van der Waals surface area contributed by atoms with E-state index in [1.807, 2.05) is 14.0 Å². The van der Waals surface area contributed by atoms with Crippen LogP contribution in [0.5, 0.6) is 5.88 Å². The van der Waals surface area contributed by atoms with Gasteiger partial charge in [-0.25, -0.2) is 4.98 Å². The molecule has 1 unspecified atom stereocenters. The summed E-state index contributed by atoms with van der Waals surface area (Å²) in [6, 6.07) is 0. The van der Waals surface area contributed by atoms with Crippen molar-refractivity contribution in [2.45, 2.75) is 51.0 Å². The predicted octanol–water partition coefficient (Wildman–Crippen LogP) is 2.65. The molecule has 1 aliphatic carbocycles. The molecule has 2 aliphatic rings. The lowest BCUT2D eigenvalue weighted by Gasteiger charge is -2.23. The summed E-state index contributed by atoms with van der Waals surface area (Å²) in [5.41, 5.74) is 0.979. The lowest BCUT2D eigenvalue weighted by Crippen LogP contribution is -2.26. The van der Waals surface area contributed by atoms with E-state index in [-0.39, 0.29) is 6.10 Å². The summed E-state index contributed by atoms with van der Waals surface area (Å²) >= 11 is 0. The fourth-order valence-corrected chi connectivity index (χ4v) is 2.53. The van der Waals surface area contributed by atoms with E-state index in [1.165, 1.54) is 25.7 Å². The van der Waals surface area contributed by atoms with Crippen LogP contribution in [0, 0.1) is 6.92 Å². The molecule has 1 aromatic heterocycles. The number of aromatic nitrogens is 2. The van der Waals surface area contributed by atoms with Crippen LogP contribution in [-0.4, -0.2) is 36.3 Å². The maximum atomic E-state index is 5.92. The minimum atomic E-state index is 0.209. The van der Waals surface area contributed by atoms with E-state index in [2.05, 4.69) is 15.3 Å². The Balaban J connectivity index is 1.71. The van der Waals surface area contributed by atoms with Crippen LogP contribution in [0.2, 0.25) is 0 Å². The Labute approximate surface area is 120 Å². The number of anilines is 1. The van der Waals surface area contributed by atoms with Gasteiger partial charge in [-0.1, -0.05) is 0 Å². The summed E-state index contributed by atoms with van der Waals surface area (Å²) < 4.78 is 11.6. The van der Waals surface area contributed by atoms with Crippen LogP contribution in [0.25, 0.3) is 0 Å². The van der Waals surface area contributed by atoms with Gasteiger partial charge in [0.2, 0.25) is 5.88 Å². The van der Waals surface area contributed by atoms with Crippen LogP contribution in [0.4, 0.5) is 5.82 Å². The molecule has 20 heavy (non-hydrogen) atoms. The van der Waals surface area contributed by atoms with Crippen molar-refractivity contribution >= 4 is 5.82 Å². The Kier molecular flexibility index (Phi) is 4.05. The minimum Gasteiger partial charge on any atom is -0.475 e. The number of nitrogens with zero attached hydrogens (tertiary/aromatic N) is 2. The molecule has 1 aromatic rings. The van der Waals surface area contributed by atoms with Gasteiger partial charge in [0.1, 0.15) is 18.2 Å². The average molecular weight is 277 g/mol. The molecule has 0 aromatic carbocycles. The van der Waals surface area contributed by atoms with Gasteiger partial charge in [0.25, 0.3) is 0 Å². The summed E-state index contributed by atoms with van der Waals surface area (Å²) in [6.45, 7) is 3.44. The molecule has 5 nitrogen and oxygen atoms in total. The number of nitrogens with one attached hydrogen (secondary N) is 1. The number of rotatable bonds is 5. The van der Waals surface area contributed by atoms with Crippen LogP contribution in [0.15, 0.2) is 0 Å². The van der Waals surface area contributed by atoms with E-state index < -0.39 is 0 Å². The van der Waals surface area contributed by atoms with Crippen molar-refractivity contribution in [1.82, 2.24) is 9.97 Å². The van der Waals surface area contributed by atoms with Crippen molar-refractivity contribution in [2.75, 3.05) is 25.6 Å². The second-order valence-electron chi connectivity index (χ2n) is 5.68. The van der Waals surface area contributed by atoms with Crippen molar-refractivity contribution in [2.24, 2.45) is 0 Å². The molecule has 1 saturated heterocycles. The molecule has 0 amide bonds. The van der Waals surface area contributed by atoms with E-state index in [9.17, 15) is 0 Å². The molecule has 0 bridgehead atoms. The summed E-state index contributed by atoms with van der Waals surface area (Å²) in [5, 5.41) is 3.13.